The average Bonchev–Trinajstić information content (AvgIpc) is 2.72. The SMILES string of the molecule is CC(CCN)c1ccc(OCc2ccccc2)c(OCc2ccccc2)c1. The largest absolute Gasteiger partial charge is 0.485 e. The first-order chi connectivity index (χ1) is 13.3. The van der Waals surface area contributed by atoms with Crippen LogP contribution in [0.4, 0.5) is 0 Å². The van der Waals surface area contributed by atoms with Gasteiger partial charge in [-0.2, -0.15) is 0 Å². The molecular formula is C24H27NO2. The van der Waals surface area contributed by atoms with Gasteiger partial charge in [0, 0.05) is 0 Å². The lowest BCUT2D eigenvalue weighted by Gasteiger charge is -2.17. The van der Waals surface area contributed by atoms with E-state index in [-0.39, 0.29) is 0 Å². The molecule has 0 aromatic heterocycles. The molecule has 0 aliphatic carbocycles. The Bertz CT molecular complexity index is 818. The van der Waals surface area contributed by atoms with Gasteiger partial charge in [-0.15, -0.1) is 0 Å². The summed E-state index contributed by atoms with van der Waals surface area (Å²) >= 11 is 0. The third-order valence-corrected chi connectivity index (χ3v) is 4.61. The molecular weight excluding hydrogens is 334 g/mol. The lowest BCUT2D eigenvalue weighted by atomic mass is 9.97. The van der Waals surface area contributed by atoms with Crippen LogP contribution in [0.1, 0.15) is 36.0 Å². The minimum Gasteiger partial charge on any atom is -0.485 e. The quantitative estimate of drug-likeness (QED) is 0.563. The van der Waals surface area contributed by atoms with Gasteiger partial charge in [0.05, 0.1) is 0 Å². The molecule has 0 fully saturated rings. The van der Waals surface area contributed by atoms with E-state index >= 15 is 0 Å². The summed E-state index contributed by atoms with van der Waals surface area (Å²) in [7, 11) is 0. The zero-order valence-electron chi connectivity index (χ0n) is 15.8. The van der Waals surface area contributed by atoms with Gasteiger partial charge in [0.2, 0.25) is 0 Å². The molecule has 3 rings (SSSR count). The van der Waals surface area contributed by atoms with Crippen LogP contribution < -0.4 is 15.2 Å². The highest BCUT2D eigenvalue weighted by Gasteiger charge is 2.12. The summed E-state index contributed by atoms with van der Waals surface area (Å²) in [5.74, 6) is 1.92. The molecule has 0 saturated carbocycles. The van der Waals surface area contributed by atoms with E-state index < -0.39 is 0 Å². The van der Waals surface area contributed by atoms with Crippen LogP contribution in [0.25, 0.3) is 0 Å². The Morgan fingerprint density at radius 2 is 1.30 bits per heavy atom. The van der Waals surface area contributed by atoms with E-state index in [1.165, 1.54) is 5.56 Å². The average molecular weight is 361 g/mol. The van der Waals surface area contributed by atoms with Crippen LogP contribution in [-0.2, 0) is 13.2 Å². The van der Waals surface area contributed by atoms with Crippen molar-refractivity contribution in [3.63, 3.8) is 0 Å². The molecule has 0 saturated heterocycles. The van der Waals surface area contributed by atoms with Crippen molar-refractivity contribution in [3.8, 4) is 11.5 Å². The summed E-state index contributed by atoms with van der Waals surface area (Å²) in [4.78, 5) is 0. The van der Waals surface area contributed by atoms with E-state index in [0.717, 1.165) is 29.0 Å². The molecule has 1 unspecified atom stereocenters. The van der Waals surface area contributed by atoms with Crippen LogP contribution in [0.3, 0.4) is 0 Å². The molecule has 3 aromatic rings. The topological polar surface area (TPSA) is 44.5 Å². The van der Waals surface area contributed by atoms with E-state index in [1.54, 1.807) is 0 Å². The predicted octanol–water partition coefficient (Wildman–Crippen LogP) is 5.30. The van der Waals surface area contributed by atoms with Crippen LogP contribution in [-0.4, -0.2) is 6.54 Å². The highest BCUT2D eigenvalue weighted by atomic mass is 16.5. The number of benzene rings is 3. The maximum absolute atomic E-state index is 6.12. The summed E-state index contributed by atoms with van der Waals surface area (Å²) in [6.45, 7) is 3.89. The van der Waals surface area contributed by atoms with Crippen molar-refractivity contribution in [2.75, 3.05) is 6.54 Å². The molecule has 0 spiro atoms. The summed E-state index contributed by atoms with van der Waals surface area (Å²) in [5.41, 5.74) is 9.21. The Kier molecular flexibility index (Phi) is 6.89. The molecule has 0 aliphatic rings. The third-order valence-electron chi connectivity index (χ3n) is 4.61. The van der Waals surface area contributed by atoms with Crippen LogP contribution in [0.15, 0.2) is 78.9 Å². The van der Waals surface area contributed by atoms with Crippen LogP contribution in [0.2, 0.25) is 0 Å². The molecule has 2 N–H and O–H groups in total. The van der Waals surface area contributed by atoms with Gasteiger partial charge in [0.1, 0.15) is 13.2 Å². The molecule has 0 aliphatic heterocycles. The Morgan fingerprint density at radius 1 is 0.741 bits per heavy atom. The number of hydrogen-bond donors (Lipinski definition) is 1. The van der Waals surface area contributed by atoms with Gasteiger partial charge in [-0.25, -0.2) is 0 Å². The highest BCUT2D eigenvalue weighted by molar-refractivity contribution is 5.44. The first-order valence-electron chi connectivity index (χ1n) is 9.43. The first-order valence-corrected chi connectivity index (χ1v) is 9.43. The van der Waals surface area contributed by atoms with Crippen molar-refractivity contribution in [2.45, 2.75) is 32.5 Å². The summed E-state index contributed by atoms with van der Waals surface area (Å²) in [6.07, 6.45) is 0.947. The Hall–Kier alpha value is -2.78. The Balaban J connectivity index is 1.77. The Labute approximate surface area is 161 Å². The van der Waals surface area contributed by atoms with Gasteiger partial charge in [-0.05, 0) is 47.7 Å². The van der Waals surface area contributed by atoms with E-state index in [1.807, 2.05) is 42.5 Å². The predicted molar refractivity (Wildman–Crippen MR) is 110 cm³/mol. The van der Waals surface area contributed by atoms with Crippen molar-refractivity contribution in [1.82, 2.24) is 0 Å². The summed E-state index contributed by atoms with van der Waals surface area (Å²) in [5, 5.41) is 0. The molecule has 3 nitrogen and oxygen atoms in total. The maximum Gasteiger partial charge on any atom is 0.161 e. The second-order valence-electron chi connectivity index (χ2n) is 6.73. The summed E-state index contributed by atoms with van der Waals surface area (Å²) < 4.78 is 12.2. The smallest absolute Gasteiger partial charge is 0.161 e. The molecule has 3 heteroatoms. The van der Waals surface area contributed by atoms with Crippen LogP contribution in [0.5, 0.6) is 11.5 Å². The third kappa shape index (κ3) is 5.60. The number of rotatable bonds is 9. The second-order valence-corrected chi connectivity index (χ2v) is 6.73. The monoisotopic (exact) mass is 361 g/mol. The zero-order valence-corrected chi connectivity index (χ0v) is 15.8. The lowest BCUT2D eigenvalue weighted by molar-refractivity contribution is 0.255. The van der Waals surface area contributed by atoms with Gasteiger partial charge >= 0.3 is 0 Å². The number of ether oxygens (including phenoxy) is 2. The molecule has 140 valence electrons. The fourth-order valence-corrected chi connectivity index (χ4v) is 2.95. The van der Waals surface area contributed by atoms with E-state index in [2.05, 4.69) is 43.3 Å². The first kappa shape index (κ1) is 19.0. The van der Waals surface area contributed by atoms with E-state index in [4.69, 9.17) is 15.2 Å². The van der Waals surface area contributed by atoms with Crippen molar-refractivity contribution >= 4 is 0 Å². The van der Waals surface area contributed by atoms with Gasteiger partial charge < -0.3 is 15.2 Å². The van der Waals surface area contributed by atoms with E-state index in [0.29, 0.717) is 25.7 Å². The molecule has 0 radical (unpaired) electrons. The number of nitrogens with two attached hydrogens (primary N) is 1. The zero-order chi connectivity index (χ0) is 18.9. The molecule has 3 aromatic carbocycles. The van der Waals surface area contributed by atoms with Gasteiger partial charge in [-0.1, -0.05) is 73.7 Å². The minimum atomic E-state index is 0.386. The minimum absolute atomic E-state index is 0.386. The van der Waals surface area contributed by atoms with Gasteiger partial charge in [0.25, 0.3) is 0 Å². The second kappa shape index (κ2) is 9.79. The summed E-state index contributed by atoms with van der Waals surface area (Å²) in [6, 6.07) is 26.5. The molecule has 0 heterocycles. The standard InChI is InChI=1S/C24H27NO2/c1-19(14-15-25)22-12-13-23(26-17-20-8-4-2-5-9-20)24(16-22)27-18-21-10-6-3-7-11-21/h2-13,16,19H,14-15,17-18,25H2,1H3. The Morgan fingerprint density at radius 3 is 1.85 bits per heavy atom. The maximum atomic E-state index is 6.12. The normalized spacial score (nSPS) is 11.8. The fraction of sp³-hybridized carbons (Fsp3) is 0.250. The molecule has 1 atom stereocenters. The van der Waals surface area contributed by atoms with Gasteiger partial charge in [0.15, 0.2) is 11.5 Å². The lowest BCUT2D eigenvalue weighted by Crippen LogP contribution is -2.06. The van der Waals surface area contributed by atoms with Crippen molar-refractivity contribution in [2.24, 2.45) is 5.73 Å². The molecule has 0 bridgehead atoms. The highest BCUT2D eigenvalue weighted by Crippen LogP contribution is 2.33. The number of hydrogen-bond acceptors (Lipinski definition) is 3. The van der Waals surface area contributed by atoms with Crippen LogP contribution in [0, 0.1) is 0 Å². The van der Waals surface area contributed by atoms with Crippen molar-refractivity contribution < 1.29 is 9.47 Å². The van der Waals surface area contributed by atoms with E-state index in [9.17, 15) is 0 Å². The van der Waals surface area contributed by atoms with Crippen molar-refractivity contribution in [1.29, 1.82) is 0 Å². The van der Waals surface area contributed by atoms with Crippen LogP contribution >= 0.6 is 0 Å². The molecule has 0 amide bonds. The fourth-order valence-electron chi connectivity index (χ4n) is 2.95. The molecule has 27 heavy (non-hydrogen) atoms. The van der Waals surface area contributed by atoms with Crippen molar-refractivity contribution in [3.05, 3.63) is 95.6 Å². The van der Waals surface area contributed by atoms with Gasteiger partial charge in [-0.3, -0.25) is 0 Å².